The van der Waals surface area contributed by atoms with Crippen LogP contribution < -0.4 is 16.0 Å². The Balaban J connectivity index is 1.65. The molecule has 1 heterocycles. The minimum Gasteiger partial charge on any atom is -0.356 e. The fourth-order valence-corrected chi connectivity index (χ4v) is 2.29. The molecule has 0 aromatic heterocycles. The van der Waals surface area contributed by atoms with Gasteiger partial charge in [-0.2, -0.15) is 0 Å². The Morgan fingerprint density at radius 2 is 2.00 bits per heavy atom. The molecular weight excluding hydrogens is 270 g/mol. The van der Waals surface area contributed by atoms with Crippen molar-refractivity contribution in [3.05, 3.63) is 29.8 Å². The lowest BCUT2D eigenvalue weighted by Gasteiger charge is -2.14. The Labute approximate surface area is 122 Å². The second-order valence-electron chi connectivity index (χ2n) is 5.51. The monoisotopic (exact) mass is 287 g/mol. The first-order valence-electron chi connectivity index (χ1n) is 7.11. The van der Waals surface area contributed by atoms with Crippen LogP contribution in [0.15, 0.2) is 24.3 Å². The van der Waals surface area contributed by atoms with Crippen molar-refractivity contribution in [3.63, 3.8) is 0 Å². The van der Waals surface area contributed by atoms with Crippen molar-refractivity contribution in [2.45, 2.75) is 25.3 Å². The summed E-state index contributed by atoms with van der Waals surface area (Å²) in [6, 6.07) is 5.94. The molecule has 6 heteroatoms. The van der Waals surface area contributed by atoms with Crippen LogP contribution in [-0.4, -0.2) is 30.3 Å². The molecule has 1 aromatic carbocycles. The van der Waals surface area contributed by atoms with Gasteiger partial charge in [0.05, 0.1) is 17.7 Å². The summed E-state index contributed by atoms with van der Waals surface area (Å²) in [5, 5.41) is 8.09. The zero-order valence-corrected chi connectivity index (χ0v) is 11.5. The molecule has 1 aliphatic heterocycles. The Morgan fingerprint density at radius 1 is 1.24 bits per heavy atom. The fourth-order valence-electron chi connectivity index (χ4n) is 2.29. The Hall–Kier alpha value is -2.37. The van der Waals surface area contributed by atoms with Crippen molar-refractivity contribution >= 4 is 23.4 Å². The first kappa shape index (κ1) is 13.6. The van der Waals surface area contributed by atoms with E-state index in [0.717, 1.165) is 12.8 Å². The molecular formula is C15H17N3O3. The molecule has 1 fully saturated rings. The molecule has 1 aromatic rings. The summed E-state index contributed by atoms with van der Waals surface area (Å²) >= 11 is 0. The van der Waals surface area contributed by atoms with E-state index in [-0.39, 0.29) is 24.1 Å². The summed E-state index contributed by atoms with van der Waals surface area (Å²) in [5.74, 6) is -0.345. The van der Waals surface area contributed by atoms with Crippen LogP contribution in [0.4, 0.5) is 5.69 Å². The first-order chi connectivity index (χ1) is 10.1. The number of anilines is 1. The van der Waals surface area contributed by atoms with Crippen molar-refractivity contribution in [2.24, 2.45) is 5.92 Å². The highest BCUT2D eigenvalue weighted by Crippen LogP contribution is 2.27. The van der Waals surface area contributed by atoms with E-state index in [1.165, 1.54) is 0 Å². The number of fused-ring (bicyclic) bond motifs is 1. The predicted octanol–water partition coefficient (Wildman–Crippen LogP) is 0.653. The smallest absolute Gasteiger partial charge is 0.254 e. The van der Waals surface area contributed by atoms with Crippen LogP contribution in [0, 0.1) is 5.92 Å². The zero-order chi connectivity index (χ0) is 14.8. The van der Waals surface area contributed by atoms with Crippen LogP contribution in [0.2, 0.25) is 0 Å². The van der Waals surface area contributed by atoms with Gasteiger partial charge in [-0.25, -0.2) is 0 Å². The number of hydrogen-bond donors (Lipinski definition) is 3. The normalized spacial score (nSPS) is 20.9. The van der Waals surface area contributed by atoms with Crippen molar-refractivity contribution in [3.8, 4) is 0 Å². The molecule has 3 rings (SSSR count). The van der Waals surface area contributed by atoms with E-state index >= 15 is 0 Å². The van der Waals surface area contributed by atoms with Crippen LogP contribution in [0.3, 0.4) is 0 Å². The van der Waals surface area contributed by atoms with Gasteiger partial charge in [-0.3, -0.25) is 14.4 Å². The van der Waals surface area contributed by atoms with Crippen LogP contribution in [-0.2, 0) is 9.59 Å². The summed E-state index contributed by atoms with van der Waals surface area (Å²) in [6.45, 7) is 0.654. The van der Waals surface area contributed by atoms with Crippen LogP contribution >= 0.6 is 0 Å². The Morgan fingerprint density at radius 3 is 2.76 bits per heavy atom. The van der Waals surface area contributed by atoms with E-state index < -0.39 is 6.04 Å². The van der Waals surface area contributed by atoms with Crippen molar-refractivity contribution in [1.29, 1.82) is 0 Å². The minimum atomic E-state index is -0.843. The molecule has 0 spiro atoms. The van der Waals surface area contributed by atoms with Gasteiger partial charge >= 0.3 is 0 Å². The van der Waals surface area contributed by atoms with Gasteiger partial charge in [0.1, 0.15) is 6.04 Å². The van der Waals surface area contributed by atoms with Gasteiger partial charge in [0.15, 0.2) is 0 Å². The Kier molecular flexibility index (Phi) is 3.60. The summed E-state index contributed by atoms with van der Waals surface area (Å²) in [7, 11) is 0. The molecule has 0 unspecified atom stereocenters. The third-order valence-corrected chi connectivity index (χ3v) is 3.73. The Bertz CT molecular complexity index is 596. The maximum absolute atomic E-state index is 12.1. The van der Waals surface area contributed by atoms with Gasteiger partial charge < -0.3 is 16.0 Å². The van der Waals surface area contributed by atoms with Crippen LogP contribution in [0.5, 0.6) is 0 Å². The third-order valence-electron chi connectivity index (χ3n) is 3.73. The minimum absolute atomic E-state index is 0.0434. The van der Waals surface area contributed by atoms with E-state index in [4.69, 9.17) is 0 Å². The molecule has 0 saturated heterocycles. The van der Waals surface area contributed by atoms with E-state index in [9.17, 15) is 14.4 Å². The van der Waals surface area contributed by atoms with E-state index in [2.05, 4.69) is 16.0 Å². The molecule has 21 heavy (non-hydrogen) atoms. The standard InChI is InChI=1S/C15H17N3O3/c19-13(16-8-9-5-6-9)7-12-15(21)17-11-4-2-1-3-10(11)14(20)18-12/h1-4,9,12H,5-8H2,(H,16,19)(H,17,21)(H,18,20)/t12-/m0/s1. The fraction of sp³-hybridized carbons (Fsp3) is 0.400. The average molecular weight is 287 g/mol. The largest absolute Gasteiger partial charge is 0.356 e. The number of benzene rings is 1. The number of nitrogens with one attached hydrogen (secondary N) is 3. The highest BCUT2D eigenvalue weighted by molar-refractivity contribution is 6.10. The molecule has 3 N–H and O–H groups in total. The number of amides is 3. The first-order valence-corrected chi connectivity index (χ1v) is 7.11. The lowest BCUT2D eigenvalue weighted by molar-refractivity contribution is -0.125. The quantitative estimate of drug-likeness (QED) is 0.760. The zero-order valence-electron chi connectivity index (χ0n) is 11.5. The number of rotatable bonds is 4. The maximum atomic E-state index is 12.1. The van der Waals surface area contributed by atoms with Crippen molar-refractivity contribution in [1.82, 2.24) is 10.6 Å². The van der Waals surface area contributed by atoms with Gasteiger partial charge in [-0.1, -0.05) is 12.1 Å². The highest BCUT2D eigenvalue weighted by atomic mass is 16.2. The van der Waals surface area contributed by atoms with Crippen molar-refractivity contribution < 1.29 is 14.4 Å². The topological polar surface area (TPSA) is 87.3 Å². The lowest BCUT2D eigenvalue weighted by Crippen LogP contribution is -2.44. The number of carbonyl (C=O) groups is 3. The van der Waals surface area contributed by atoms with E-state index in [1.807, 2.05) is 0 Å². The second kappa shape index (κ2) is 5.55. The SMILES string of the molecule is O=C(C[C@@H]1NC(=O)c2ccccc2NC1=O)NCC1CC1. The van der Waals surface area contributed by atoms with Gasteiger partial charge in [-0.05, 0) is 30.9 Å². The molecule has 3 amide bonds. The van der Waals surface area contributed by atoms with Gasteiger partial charge in [-0.15, -0.1) is 0 Å². The lowest BCUT2D eigenvalue weighted by atomic mass is 10.1. The predicted molar refractivity (Wildman–Crippen MR) is 76.7 cm³/mol. The summed E-state index contributed by atoms with van der Waals surface area (Å²) in [5.41, 5.74) is 0.882. The summed E-state index contributed by atoms with van der Waals surface area (Å²) in [4.78, 5) is 36.0. The molecule has 0 radical (unpaired) electrons. The summed E-state index contributed by atoms with van der Waals surface area (Å²) in [6.07, 6.45) is 2.25. The van der Waals surface area contributed by atoms with Crippen molar-refractivity contribution in [2.75, 3.05) is 11.9 Å². The molecule has 1 atom stereocenters. The molecule has 1 saturated carbocycles. The van der Waals surface area contributed by atoms with Gasteiger partial charge in [0.2, 0.25) is 11.8 Å². The highest BCUT2D eigenvalue weighted by Gasteiger charge is 2.30. The molecule has 6 nitrogen and oxygen atoms in total. The van der Waals surface area contributed by atoms with E-state index in [0.29, 0.717) is 23.7 Å². The summed E-state index contributed by atoms with van der Waals surface area (Å²) < 4.78 is 0. The van der Waals surface area contributed by atoms with Crippen LogP contribution in [0.1, 0.15) is 29.6 Å². The maximum Gasteiger partial charge on any atom is 0.254 e. The molecule has 0 bridgehead atoms. The number of hydrogen-bond acceptors (Lipinski definition) is 3. The van der Waals surface area contributed by atoms with E-state index in [1.54, 1.807) is 24.3 Å². The third kappa shape index (κ3) is 3.21. The van der Waals surface area contributed by atoms with Gasteiger partial charge in [0.25, 0.3) is 5.91 Å². The number of para-hydroxylation sites is 1. The molecule has 110 valence electrons. The van der Waals surface area contributed by atoms with Crippen LogP contribution in [0.25, 0.3) is 0 Å². The average Bonchev–Trinajstić information content (AvgIpc) is 3.28. The molecule has 1 aliphatic carbocycles. The van der Waals surface area contributed by atoms with Gasteiger partial charge in [0, 0.05) is 6.54 Å². The molecule has 2 aliphatic rings. The number of carbonyl (C=O) groups excluding carboxylic acids is 3. The second-order valence-corrected chi connectivity index (χ2v) is 5.51.